The van der Waals surface area contributed by atoms with Crippen molar-refractivity contribution in [2.45, 2.75) is 45.4 Å². The van der Waals surface area contributed by atoms with Crippen LogP contribution in [0.3, 0.4) is 0 Å². The quantitative estimate of drug-likeness (QED) is 0.509. The number of piperidine rings is 1. The summed E-state index contributed by atoms with van der Waals surface area (Å²) in [6.07, 6.45) is 9.57. The SMILES string of the molecule is C=C(Cc1c(F)cc(OCCC2CC2C2CCN(c3ncc(C)cn3)CC2)cc1F)N1CCC1. The molecule has 1 aliphatic carbocycles. The Labute approximate surface area is 200 Å². The summed E-state index contributed by atoms with van der Waals surface area (Å²) in [5.41, 5.74) is 1.93. The molecule has 2 aromatic rings. The molecule has 7 heteroatoms. The van der Waals surface area contributed by atoms with Crippen molar-refractivity contribution in [2.75, 3.05) is 37.7 Å². The van der Waals surface area contributed by atoms with E-state index in [0.717, 1.165) is 68.1 Å². The zero-order valence-electron chi connectivity index (χ0n) is 20.0. The summed E-state index contributed by atoms with van der Waals surface area (Å²) in [6, 6.07) is 2.63. The first-order chi connectivity index (χ1) is 16.5. The van der Waals surface area contributed by atoms with Crippen LogP contribution in [0.2, 0.25) is 0 Å². The molecule has 1 aromatic carbocycles. The van der Waals surface area contributed by atoms with E-state index in [-0.39, 0.29) is 17.7 Å². The molecule has 3 aliphatic rings. The van der Waals surface area contributed by atoms with Gasteiger partial charge in [0.1, 0.15) is 17.4 Å². The molecular formula is C27H34F2N4O. The van der Waals surface area contributed by atoms with E-state index in [1.54, 1.807) is 0 Å². The Hall–Kier alpha value is -2.70. The Morgan fingerprint density at radius 1 is 1.09 bits per heavy atom. The largest absolute Gasteiger partial charge is 0.493 e. The Kier molecular flexibility index (Phi) is 6.70. The van der Waals surface area contributed by atoms with Gasteiger partial charge in [0.05, 0.1) is 6.61 Å². The van der Waals surface area contributed by atoms with E-state index in [9.17, 15) is 8.78 Å². The zero-order valence-corrected chi connectivity index (χ0v) is 20.0. The smallest absolute Gasteiger partial charge is 0.225 e. The van der Waals surface area contributed by atoms with Gasteiger partial charge in [0.15, 0.2) is 0 Å². The average molecular weight is 469 g/mol. The molecule has 3 heterocycles. The molecule has 1 aromatic heterocycles. The van der Waals surface area contributed by atoms with Gasteiger partial charge in [0, 0.05) is 68.4 Å². The number of rotatable bonds is 9. The third-order valence-electron chi connectivity index (χ3n) is 7.73. The van der Waals surface area contributed by atoms with Crippen LogP contribution in [-0.4, -0.2) is 47.7 Å². The van der Waals surface area contributed by atoms with Gasteiger partial charge in [-0.15, -0.1) is 0 Å². The van der Waals surface area contributed by atoms with Crippen LogP contribution in [0.4, 0.5) is 14.7 Å². The van der Waals surface area contributed by atoms with Crippen LogP contribution in [0.15, 0.2) is 36.8 Å². The van der Waals surface area contributed by atoms with Crippen molar-refractivity contribution in [3.8, 4) is 5.75 Å². The fraction of sp³-hybridized carbons (Fsp3) is 0.556. The number of halogens is 2. The zero-order chi connectivity index (χ0) is 23.7. The van der Waals surface area contributed by atoms with Crippen LogP contribution in [0.5, 0.6) is 5.75 Å². The van der Waals surface area contributed by atoms with E-state index >= 15 is 0 Å². The first-order valence-corrected chi connectivity index (χ1v) is 12.5. The van der Waals surface area contributed by atoms with Crippen molar-refractivity contribution >= 4 is 5.95 Å². The van der Waals surface area contributed by atoms with E-state index in [2.05, 4.69) is 26.3 Å². The summed E-state index contributed by atoms with van der Waals surface area (Å²) >= 11 is 0. The molecule has 2 aliphatic heterocycles. The highest BCUT2D eigenvalue weighted by Crippen LogP contribution is 2.49. The van der Waals surface area contributed by atoms with Gasteiger partial charge < -0.3 is 14.5 Å². The van der Waals surface area contributed by atoms with Gasteiger partial charge in [-0.2, -0.15) is 0 Å². The summed E-state index contributed by atoms with van der Waals surface area (Å²) in [5, 5.41) is 0. The van der Waals surface area contributed by atoms with E-state index in [1.807, 2.05) is 19.3 Å². The molecule has 2 atom stereocenters. The van der Waals surface area contributed by atoms with Gasteiger partial charge in [0.25, 0.3) is 0 Å². The number of ether oxygens (including phenoxy) is 1. The first-order valence-electron chi connectivity index (χ1n) is 12.5. The molecule has 2 unspecified atom stereocenters. The standard InChI is InChI=1S/C27H34F2N4O/c1-18-16-30-27(31-17-18)33-9-4-20(5-10-33)23-13-21(23)6-11-34-22-14-25(28)24(26(29)15-22)12-19(2)32-7-3-8-32/h14-17,20-21,23H,2-13H2,1H3. The monoisotopic (exact) mass is 468 g/mol. The fourth-order valence-electron chi connectivity index (χ4n) is 5.37. The predicted octanol–water partition coefficient (Wildman–Crippen LogP) is 5.15. The van der Waals surface area contributed by atoms with Crippen molar-refractivity contribution in [2.24, 2.45) is 17.8 Å². The second-order valence-corrected chi connectivity index (χ2v) is 10.1. The molecule has 0 N–H and O–H groups in total. The molecule has 5 nitrogen and oxygen atoms in total. The molecule has 5 rings (SSSR count). The maximum atomic E-state index is 14.5. The number of hydrogen-bond donors (Lipinski definition) is 0. The Morgan fingerprint density at radius 2 is 1.76 bits per heavy atom. The maximum absolute atomic E-state index is 14.5. The highest BCUT2D eigenvalue weighted by atomic mass is 19.1. The van der Waals surface area contributed by atoms with E-state index < -0.39 is 11.6 Å². The Bertz CT molecular complexity index is 993. The summed E-state index contributed by atoms with van der Waals surface area (Å²) in [6.45, 7) is 10.3. The van der Waals surface area contributed by atoms with Crippen LogP contribution < -0.4 is 9.64 Å². The van der Waals surface area contributed by atoms with Gasteiger partial charge in [0.2, 0.25) is 5.95 Å². The van der Waals surface area contributed by atoms with Crippen LogP contribution in [0.1, 0.15) is 43.2 Å². The van der Waals surface area contributed by atoms with Crippen molar-refractivity contribution in [1.29, 1.82) is 0 Å². The number of aromatic nitrogens is 2. The number of allylic oxidation sites excluding steroid dienone is 1. The lowest BCUT2D eigenvalue weighted by Gasteiger charge is -2.35. The third kappa shape index (κ3) is 5.18. The number of benzene rings is 1. The molecule has 1 saturated carbocycles. The topological polar surface area (TPSA) is 41.5 Å². The third-order valence-corrected chi connectivity index (χ3v) is 7.73. The number of likely N-dealkylation sites (tertiary alicyclic amines) is 1. The molecule has 182 valence electrons. The summed E-state index contributed by atoms with van der Waals surface area (Å²) < 4.78 is 34.8. The second kappa shape index (κ2) is 9.88. The van der Waals surface area contributed by atoms with Crippen molar-refractivity contribution in [1.82, 2.24) is 14.9 Å². The predicted molar refractivity (Wildman–Crippen MR) is 129 cm³/mol. The lowest BCUT2D eigenvalue weighted by atomic mass is 9.90. The summed E-state index contributed by atoms with van der Waals surface area (Å²) in [5.74, 6) is 2.14. The molecular weight excluding hydrogens is 434 g/mol. The van der Waals surface area contributed by atoms with Gasteiger partial charge >= 0.3 is 0 Å². The Morgan fingerprint density at radius 3 is 2.38 bits per heavy atom. The number of nitrogens with zero attached hydrogens (tertiary/aromatic N) is 4. The average Bonchev–Trinajstić information content (AvgIpc) is 3.55. The van der Waals surface area contributed by atoms with E-state index in [0.29, 0.717) is 12.5 Å². The summed E-state index contributed by atoms with van der Waals surface area (Å²) in [7, 11) is 0. The van der Waals surface area contributed by atoms with E-state index in [4.69, 9.17) is 4.74 Å². The lowest BCUT2D eigenvalue weighted by molar-refractivity contribution is 0.234. The molecule has 0 amide bonds. The fourth-order valence-corrected chi connectivity index (χ4v) is 5.37. The lowest BCUT2D eigenvalue weighted by Crippen LogP contribution is -2.36. The van der Waals surface area contributed by atoms with Crippen LogP contribution in [-0.2, 0) is 6.42 Å². The van der Waals surface area contributed by atoms with Crippen molar-refractivity contribution in [3.63, 3.8) is 0 Å². The maximum Gasteiger partial charge on any atom is 0.225 e. The van der Waals surface area contributed by atoms with Gasteiger partial charge in [-0.1, -0.05) is 6.58 Å². The first kappa shape index (κ1) is 23.1. The number of hydrogen-bond acceptors (Lipinski definition) is 5. The minimum atomic E-state index is -0.551. The number of anilines is 1. The van der Waals surface area contributed by atoms with Crippen LogP contribution in [0.25, 0.3) is 0 Å². The molecule has 2 saturated heterocycles. The Balaban J connectivity index is 1.05. The van der Waals surface area contributed by atoms with Crippen molar-refractivity contribution in [3.05, 3.63) is 59.6 Å². The van der Waals surface area contributed by atoms with Gasteiger partial charge in [-0.3, -0.25) is 0 Å². The highest BCUT2D eigenvalue weighted by molar-refractivity contribution is 5.33. The normalized spacial score (nSPS) is 22.4. The summed E-state index contributed by atoms with van der Waals surface area (Å²) in [4.78, 5) is 13.3. The van der Waals surface area contributed by atoms with Crippen molar-refractivity contribution < 1.29 is 13.5 Å². The molecule has 0 radical (unpaired) electrons. The van der Waals surface area contributed by atoms with Gasteiger partial charge in [-0.25, -0.2) is 18.7 Å². The molecule has 34 heavy (non-hydrogen) atoms. The highest BCUT2D eigenvalue weighted by Gasteiger charge is 2.43. The minimum absolute atomic E-state index is 0.0777. The van der Waals surface area contributed by atoms with E-state index in [1.165, 1.54) is 31.4 Å². The molecule has 0 bridgehead atoms. The molecule has 0 spiro atoms. The molecule has 3 fully saturated rings. The minimum Gasteiger partial charge on any atom is -0.493 e. The van der Waals surface area contributed by atoms with Crippen LogP contribution >= 0.6 is 0 Å². The van der Waals surface area contributed by atoms with Gasteiger partial charge in [-0.05, 0) is 62.3 Å². The van der Waals surface area contributed by atoms with Crippen LogP contribution in [0, 0.1) is 36.3 Å². The second-order valence-electron chi connectivity index (χ2n) is 10.1. The number of aryl methyl sites for hydroxylation is 1.